The van der Waals surface area contributed by atoms with Crippen molar-refractivity contribution in [2.24, 2.45) is 0 Å². The van der Waals surface area contributed by atoms with Gasteiger partial charge in [0.1, 0.15) is 10.7 Å². The Kier molecular flexibility index (Phi) is 6.04. The monoisotopic (exact) mass is 285 g/mol. The van der Waals surface area contributed by atoms with Crippen molar-refractivity contribution in [2.75, 3.05) is 38.2 Å². The van der Waals surface area contributed by atoms with E-state index in [1.54, 1.807) is 0 Å². The molecule has 0 aliphatic rings. The van der Waals surface area contributed by atoms with Gasteiger partial charge in [0, 0.05) is 12.6 Å². The topological polar surface area (TPSA) is 83.3 Å². The van der Waals surface area contributed by atoms with Gasteiger partial charge < -0.3 is 21.3 Å². The van der Waals surface area contributed by atoms with Crippen molar-refractivity contribution in [1.82, 2.24) is 15.2 Å². The van der Waals surface area contributed by atoms with Crippen molar-refractivity contribution in [2.45, 2.75) is 26.3 Å². The van der Waals surface area contributed by atoms with Gasteiger partial charge in [-0.2, -0.15) is 0 Å². The Bertz CT molecular complexity index is 418. The highest BCUT2D eigenvalue weighted by molar-refractivity contribution is 7.18. The Labute approximate surface area is 118 Å². The van der Waals surface area contributed by atoms with Gasteiger partial charge in [0.2, 0.25) is 0 Å². The molecule has 1 aromatic rings. The van der Waals surface area contributed by atoms with Crippen LogP contribution < -0.4 is 16.4 Å². The van der Waals surface area contributed by atoms with Crippen LogP contribution >= 0.6 is 11.3 Å². The van der Waals surface area contributed by atoms with Crippen molar-refractivity contribution >= 4 is 28.2 Å². The Hall–Kier alpha value is -1.34. The molecule has 1 unspecified atom stereocenters. The Balaban J connectivity index is 2.57. The molecular weight excluding hydrogens is 262 g/mol. The number of carbonyl (C=O) groups is 1. The first-order chi connectivity index (χ1) is 8.93. The summed E-state index contributed by atoms with van der Waals surface area (Å²) in [4.78, 5) is 18.8. The molecule has 0 fully saturated rings. The minimum Gasteiger partial charge on any atom is -0.382 e. The molecule has 1 aromatic heterocycles. The number of thiazole rings is 1. The Morgan fingerprint density at radius 2 is 2.21 bits per heavy atom. The lowest BCUT2D eigenvalue weighted by Gasteiger charge is -2.16. The van der Waals surface area contributed by atoms with Crippen LogP contribution in [-0.2, 0) is 0 Å². The van der Waals surface area contributed by atoms with E-state index < -0.39 is 0 Å². The summed E-state index contributed by atoms with van der Waals surface area (Å²) in [5.74, 6) is 0.142. The van der Waals surface area contributed by atoms with Crippen molar-refractivity contribution in [3.8, 4) is 0 Å². The van der Waals surface area contributed by atoms with Crippen LogP contribution in [0, 0.1) is 0 Å². The maximum absolute atomic E-state index is 12.1. The van der Waals surface area contributed by atoms with Crippen LogP contribution in [0.15, 0.2) is 0 Å². The SMILES string of the molecule is CCNc1nc(N)c(C(=O)NC(C)CCN(C)C)s1. The lowest BCUT2D eigenvalue weighted by Crippen LogP contribution is -2.34. The summed E-state index contributed by atoms with van der Waals surface area (Å²) >= 11 is 1.29. The molecule has 4 N–H and O–H groups in total. The molecule has 0 aliphatic heterocycles. The number of nitrogens with two attached hydrogens (primary N) is 1. The average Bonchev–Trinajstić information content (AvgIpc) is 2.68. The largest absolute Gasteiger partial charge is 0.382 e. The number of hydrogen-bond acceptors (Lipinski definition) is 6. The van der Waals surface area contributed by atoms with Crippen molar-refractivity contribution in [1.29, 1.82) is 0 Å². The van der Waals surface area contributed by atoms with Crippen molar-refractivity contribution in [3.63, 3.8) is 0 Å². The van der Waals surface area contributed by atoms with Crippen LogP contribution in [0.4, 0.5) is 10.9 Å². The molecule has 1 atom stereocenters. The third-order valence-corrected chi connectivity index (χ3v) is 3.60. The number of rotatable bonds is 7. The molecule has 0 radical (unpaired) electrons. The quantitative estimate of drug-likeness (QED) is 0.702. The second-order valence-corrected chi connectivity index (χ2v) is 5.73. The van der Waals surface area contributed by atoms with Gasteiger partial charge in [-0.25, -0.2) is 4.98 Å². The number of anilines is 2. The fraction of sp³-hybridized carbons (Fsp3) is 0.667. The summed E-state index contributed by atoms with van der Waals surface area (Å²) in [6.45, 7) is 5.65. The number of nitrogen functional groups attached to an aromatic ring is 1. The molecule has 0 bridgehead atoms. The molecular formula is C12H23N5OS. The first-order valence-electron chi connectivity index (χ1n) is 6.39. The fourth-order valence-electron chi connectivity index (χ4n) is 1.53. The molecule has 7 heteroatoms. The minimum absolute atomic E-state index is 0.110. The van der Waals surface area contributed by atoms with Gasteiger partial charge in [0.15, 0.2) is 5.13 Å². The summed E-state index contributed by atoms with van der Waals surface area (Å²) in [6.07, 6.45) is 0.900. The number of amides is 1. The van der Waals surface area contributed by atoms with E-state index in [4.69, 9.17) is 5.73 Å². The molecule has 0 aliphatic carbocycles. The molecule has 6 nitrogen and oxygen atoms in total. The van der Waals surface area contributed by atoms with Crippen LogP contribution in [0.1, 0.15) is 29.9 Å². The molecule has 1 amide bonds. The van der Waals surface area contributed by atoms with Gasteiger partial charge in [0.25, 0.3) is 5.91 Å². The second kappa shape index (κ2) is 7.30. The van der Waals surface area contributed by atoms with Gasteiger partial charge >= 0.3 is 0 Å². The summed E-state index contributed by atoms with van der Waals surface area (Å²) in [5, 5.41) is 6.69. The summed E-state index contributed by atoms with van der Waals surface area (Å²) in [5.41, 5.74) is 5.76. The van der Waals surface area contributed by atoms with E-state index in [9.17, 15) is 4.79 Å². The van der Waals surface area contributed by atoms with Crippen molar-refractivity contribution < 1.29 is 4.79 Å². The molecule has 19 heavy (non-hydrogen) atoms. The van der Waals surface area contributed by atoms with Crippen LogP contribution in [0.3, 0.4) is 0 Å². The van der Waals surface area contributed by atoms with Gasteiger partial charge in [-0.3, -0.25) is 4.79 Å². The minimum atomic E-state index is -0.148. The summed E-state index contributed by atoms with van der Waals surface area (Å²) in [6, 6.07) is 0.110. The number of carbonyl (C=O) groups excluding carboxylic acids is 1. The predicted molar refractivity (Wildman–Crippen MR) is 80.8 cm³/mol. The molecule has 0 saturated carbocycles. The molecule has 0 spiro atoms. The lowest BCUT2D eigenvalue weighted by atomic mass is 10.2. The van der Waals surface area contributed by atoms with Gasteiger partial charge in [-0.1, -0.05) is 11.3 Å². The van der Waals surface area contributed by atoms with Crippen molar-refractivity contribution in [3.05, 3.63) is 4.88 Å². The zero-order valence-electron chi connectivity index (χ0n) is 12.0. The Morgan fingerprint density at radius 3 is 2.79 bits per heavy atom. The van der Waals surface area contributed by atoms with E-state index >= 15 is 0 Å². The van der Waals surface area contributed by atoms with Gasteiger partial charge in [-0.15, -0.1) is 0 Å². The second-order valence-electron chi connectivity index (χ2n) is 4.73. The maximum Gasteiger partial charge on any atom is 0.265 e. The third-order valence-electron chi connectivity index (χ3n) is 2.57. The zero-order chi connectivity index (χ0) is 14.4. The van der Waals surface area contributed by atoms with Crippen LogP contribution in [-0.4, -0.2) is 49.0 Å². The standard InChI is InChI=1S/C12H23N5OS/c1-5-14-12-16-10(13)9(19-12)11(18)15-8(2)6-7-17(3)4/h8H,5-7,13H2,1-4H3,(H,14,16)(H,15,18). The summed E-state index contributed by atoms with van der Waals surface area (Å²) < 4.78 is 0. The molecule has 0 saturated heterocycles. The predicted octanol–water partition coefficient (Wildman–Crippen LogP) is 1.23. The van der Waals surface area contributed by atoms with Crippen LogP contribution in [0.25, 0.3) is 0 Å². The normalized spacial score (nSPS) is 12.5. The molecule has 1 heterocycles. The highest BCUT2D eigenvalue weighted by Gasteiger charge is 2.17. The van der Waals surface area contributed by atoms with E-state index in [0.29, 0.717) is 15.8 Å². The lowest BCUT2D eigenvalue weighted by molar-refractivity contribution is 0.0941. The van der Waals surface area contributed by atoms with E-state index in [1.165, 1.54) is 11.3 Å². The number of aromatic nitrogens is 1. The highest BCUT2D eigenvalue weighted by Crippen LogP contribution is 2.24. The van der Waals surface area contributed by atoms with Gasteiger partial charge in [0.05, 0.1) is 0 Å². The number of nitrogens with one attached hydrogen (secondary N) is 2. The van der Waals surface area contributed by atoms with E-state index in [0.717, 1.165) is 19.5 Å². The smallest absolute Gasteiger partial charge is 0.265 e. The van der Waals surface area contributed by atoms with Crippen LogP contribution in [0.5, 0.6) is 0 Å². The molecule has 0 aromatic carbocycles. The number of hydrogen-bond donors (Lipinski definition) is 3. The van der Waals surface area contributed by atoms with Gasteiger partial charge in [-0.05, 0) is 40.9 Å². The molecule has 108 valence electrons. The summed E-state index contributed by atoms with van der Waals surface area (Å²) in [7, 11) is 4.02. The first kappa shape index (κ1) is 15.7. The zero-order valence-corrected chi connectivity index (χ0v) is 12.8. The third kappa shape index (κ3) is 5.04. The van der Waals surface area contributed by atoms with E-state index in [-0.39, 0.29) is 11.9 Å². The van der Waals surface area contributed by atoms with E-state index in [2.05, 4.69) is 20.5 Å². The Morgan fingerprint density at radius 1 is 1.53 bits per heavy atom. The first-order valence-corrected chi connectivity index (χ1v) is 7.21. The number of nitrogens with zero attached hydrogens (tertiary/aromatic N) is 2. The molecule has 1 rings (SSSR count). The highest BCUT2D eigenvalue weighted by atomic mass is 32.1. The van der Waals surface area contributed by atoms with E-state index in [1.807, 2.05) is 27.9 Å². The average molecular weight is 285 g/mol. The van der Waals surface area contributed by atoms with Crippen LogP contribution in [0.2, 0.25) is 0 Å². The maximum atomic E-state index is 12.1. The fourth-order valence-corrected chi connectivity index (χ4v) is 2.39.